The topological polar surface area (TPSA) is 41.5 Å². The molecule has 0 aromatic heterocycles. The van der Waals surface area contributed by atoms with Gasteiger partial charge in [0.2, 0.25) is 0 Å². The first kappa shape index (κ1) is 16.8. The van der Waals surface area contributed by atoms with Gasteiger partial charge in [-0.05, 0) is 32.0 Å². The third kappa shape index (κ3) is 5.79. The molecule has 1 rings (SSSR count). The van der Waals surface area contributed by atoms with Gasteiger partial charge in [0, 0.05) is 18.5 Å². The summed E-state index contributed by atoms with van der Waals surface area (Å²) in [5, 5.41) is 12.9. The molecular weight excluding hydrogens is 271 g/mol. The van der Waals surface area contributed by atoms with Crippen LogP contribution in [-0.4, -0.2) is 31.5 Å². The number of alkyl halides is 3. The van der Waals surface area contributed by atoms with Crippen LogP contribution in [0.15, 0.2) is 18.2 Å². The van der Waals surface area contributed by atoms with E-state index in [1.165, 1.54) is 7.11 Å². The summed E-state index contributed by atoms with van der Waals surface area (Å²) in [4.78, 5) is 0. The number of methoxy groups -OCH3 is 1. The third-order valence-corrected chi connectivity index (χ3v) is 2.90. The molecule has 20 heavy (non-hydrogen) atoms. The standard InChI is InChI=1S/C14H20F3NO2/c1-10-4-5-13(20-2)11(8-10)12(19)9-18-7-3-6-14(15,16)17/h4-5,8,12,18-19H,3,6-7,9H2,1-2H3. The van der Waals surface area contributed by atoms with Crippen LogP contribution in [0, 0.1) is 6.92 Å². The van der Waals surface area contributed by atoms with Crippen molar-refractivity contribution in [3.05, 3.63) is 29.3 Å². The van der Waals surface area contributed by atoms with Crippen LogP contribution in [0.25, 0.3) is 0 Å². The minimum atomic E-state index is -4.12. The van der Waals surface area contributed by atoms with Crippen molar-refractivity contribution < 1.29 is 23.0 Å². The first-order chi connectivity index (χ1) is 9.33. The van der Waals surface area contributed by atoms with E-state index in [4.69, 9.17) is 4.74 Å². The van der Waals surface area contributed by atoms with Crippen molar-refractivity contribution in [3.8, 4) is 5.75 Å². The Kier molecular flexibility index (Phi) is 6.29. The van der Waals surface area contributed by atoms with Gasteiger partial charge in [0.05, 0.1) is 13.2 Å². The molecule has 1 aromatic rings. The zero-order valence-corrected chi connectivity index (χ0v) is 11.6. The van der Waals surface area contributed by atoms with E-state index in [0.717, 1.165) is 5.56 Å². The number of benzene rings is 1. The molecule has 0 aliphatic carbocycles. The van der Waals surface area contributed by atoms with Gasteiger partial charge in [0.1, 0.15) is 5.75 Å². The van der Waals surface area contributed by atoms with E-state index in [0.29, 0.717) is 11.3 Å². The van der Waals surface area contributed by atoms with Crippen LogP contribution in [-0.2, 0) is 0 Å². The number of ether oxygens (including phenoxy) is 1. The SMILES string of the molecule is COc1ccc(C)cc1C(O)CNCCCC(F)(F)F. The van der Waals surface area contributed by atoms with Crippen molar-refractivity contribution in [1.82, 2.24) is 5.32 Å². The highest BCUT2D eigenvalue weighted by Gasteiger charge is 2.25. The maximum Gasteiger partial charge on any atom is 0.389 e. The molecule has 0 spiro atoms. The number of rotatable bonds is 7. The highest BCUT2D eigenvalue weighted by molar-refractivity contribution is 5.38. The van der Waals surface area contributed by atoms with E-state index in [-0.39, 0.29) is 19.5 Å². The van der Waals surface area contributed by atoms with E-state index in [2.05, 4.69) is 5.32 Å². The second-order valence-electron chi connectivity index (χ2n) is 4.68. The summed E-state index contributed by atoms with van der Waals surface area (Å²) in [6.45, 7) is 2.30. The highest BCUT2D eigenvalue weighted by atomic mass is 19.4. The summed E-state index contributed by atoms with van der Waals surface area (Å²) in [5.74, 6) is 0.570. The van der Waals surface area contributed by atoms with Gasteiger partial charge in [-0.2, -0.15) is 13.2 Å². The smallest absolute Gasteiger partial charge is 0.389 e. The monoisotopic (exact) mass is 291 g/mol. The van der Waals surface area contributed by atoms with Gasteiger partial charge in [-0.15, -0.1) is 0 Å². The van der Waals surface area contributed by atoms with Crippen LogP contribution >= 0.6 is 0 Å². The predicted molar refractivity (Wildman–Crippen MR) is 70.8 cm³/mol. The summed E-state index contributed by atoms with van der Waals surface area (Å²) in [7, 11) is 1.51. The molecule has 1 aromatic carbocycles. The average molecular weight is 291 g/mol. The summed E-state index contributed by atoms with van der Waals surface area (Å²) in [6.07, 6.45) is -5.75. The number of aryl methyl sites for hydroxylation is 1. The van der Waals surface area contributed by atoms with Gasteiger partial charge >= 0.3 is 6.18 Å². The number of nitrogens with one attached hydrogen (secondary N) is 1. The Morgan fingerprint density at radius 3 is 2.65 bits per heavy atom. The Bertz CT molecular complexity index is 421. The molecule has 1 unspecified atom stereocenters. The molecule has 1 atom stereocenters. The molecule has 0 aliphatic heterocycles. The minimum Gasteiger partial charge on any atom is -0.496 e. The maximum atomic E-state index is 12.0. The van der Waals surface area contributed by atoms with Crippen molar-refractivity contribution >= 4 is 0 Å². The molecule has 6 heteroatoms. The number of hydrogen-bond donors (Lipinski definition) is 2. The lowest BCUT2D eigenvalue weighted by Gasteiger charge is -2.16. The molecule has 0 saturated heterocycles. The largest absolute Gasteiger partial charge is 0.496 e. The first-order valence-electron chi connectivity index (χ1n) is 6.43. The van der Waals surface area contributed by atoms with Crippen LogP contribution in [0.1, 0.15) is 30.1 Å². The van der Waals surface area contributed by atoms with E-state index in [9.17, 15) is 18.3 Å². The van der Waals surface area contributed by atoms with E-state index in [1.807, 2.05) is 13.0 Å². The van der Waals surface area contributed by atoms with Crippen molar-refractivity contribution in [1.29, 1.82) is 0 Å². The van der Waals surface area contributed by atoms with Gasteiger partial charge in [-0.25, -0.2) is 0 Å². The van der Waals surface area contributed by atoms with Crippen LogP contribution in [0.4, 0.5) is 13.2 Å². The lowest BCUT2D eigenvalue weighted by atomic mass is 10.1. The molecule has 3 nitrogen and oxygen atoms in total. The minimum absolute atomic E-state index is 0.00116. The van der Waals surface area contributed by atoms with Crippen molar-refractivity contribution in [2.75, 3.05) is 20.2 Å². The van der Waals surface area contributed by atoms with Crippen LogP contribution in [0.2, 0.25) is 0 Å². The molecule has 0 amide bonds. The van der Waals surface area contributed by atoms with Crippen LogP contribution < -0.4 is 10.1 Å². The normalized spacial score (nSPS) is 13.3. The van der Waals surface area contributed by atoms with Crippen molar-refractivity contribution in [3.63, 3.8) is 0 Å². The zero-order chi connectivity index (χ0) is 15.2. The lowest BCUT2D eigenvalue weighted by molar-refractivity contribution is -0.135. The average Bonchev–Trinajstić information content (AvgIpc) is 2.36. The Labute approximate surface area is 116 Å². The fourth-order valence-electron chi connectivity index (χ4n) is 1.88. The van der Waals surface area contributed by atoms with Gasteiger partial charge in [0.25, 0.3) is 0 Å². The maximum absolute atomic E-state index is 12.0. The fourth-order valence-corrected chi connectivity index (χ4v) is 1.88. The van der Waals surface area contributed by atoms with E-state index < -0.39 is 18.7 Å². The highest BCUT2D eigenvalue weighted by Crippen LogP contribution is 2.26. The fraction of sp³-hybridized carbons (Fsp3) is 0.571. The second kappa shape index (κ2) is 7.50. The molecule has 2 N–H and O–H groups in total. The molecule has 0 aliphatic rings. The van der Waals surface area contributed by atoms with Gasteiger partial charge < -0.3 is 15.2 Å². The van der Waals surface area contributed by atoms with Crippen LogP contribution in [0.5, 0.6) is 5.75 Å². The van der Waals surface area contributed by atoms with Crippen LogP contribution in [0.3, 0.4) is 0 Å². The van der Waals surface area contributed by atoms with Crippen molar-refractivity contribution in [2.24, 2.45) is 0 Å². The Morgan fingerprint density at radius 2 is 2.05 bits per heavy atom. The van der Waals surface area contributed by atoms with Gasteiger partial charge in [0.15, 0.2) is 0 Å². The summed E-state index contributed by atoms with van der Waals surface area (Å²) < 4.78 is 41.0. The molecule has 0 bridgehead atoms. The first-order valence-corrected chi connectivity index (χ1v) is 6.43. The zero-order valence-electron chi connectivity index (χ0n) is 11.6. The quantitative estimate of drug-likeness (QED) is 0.759. The summed E-state index contributed by atoms with van der Waals surface area (Å²) in [5.41, 5.74) is 1.62. The van der Waals surface area contributed by atoms with E-state index >= 15 is 0 Å². The Hall–Kier alpha value is -1.27. The Morgan fingerprint density at radius 1 is 1.35 bits per heavy atom. The van der Waals surface area contributed by atoms with Gasteiger partial charge in [-0.1, -0.05) is 11.6 Å². The molecule has 0 heterocycles. The Balaban J connectivity index is 2.43. The second-order valence-corrected chi connectivity index (χ2v) is 4.68. The molecular formula is C14H20F3NO2. The number of aliphatic hydroxyl groups is 1. The molecule has 114 valence electrons. The number of hydrogen-bond acceptors (Lipinski definition) is 3. The summed E-state index contributed by atoms with van der Waals surface area (Å²) >= 11 is 0. The number of halogens is 3. The predicted octanol–water partition coefficient (Wildman–Crippen LogP) is 2.97. The number of aliphatic hydroxyl groups excluding tert-OH is 1. The summed E-state index contributed by atoms with van der Waals surface area (Å²) in [6, 6.07) is 5.43. The lowest BCUT2D eigenvalue weighted by Crippen LogP contribution is -2.24. The van der Waals surface area contributed by atoms with E-state index in [1.54, 1.807) is 12.1 Å². The van der Waals surface area contributed by atoms with Crippen molar-refractivity contribution in [2.45, 2.75) is 32.0 Å². The van der Waals surface area contributed by atoms with Gasteiger partial charge in [-0.3, -0.25) is 0 Å². The molecule has 0 radical (unpaired) electrons. The molecule has 0 saturated carbocycles. The molecule has 0 fully saturated rings. The third-order valence-electron chi connectivity index (χ3n) is 2.90.